The minimum atomic E-state index is 0.672. The summed E-state index contributed by atoms with van der Waals surface area (Å²) in [6, 6.07) is 4.31. The van der Waals surface area contributed by atoms with Gasteiger partial charge in [0.15, 0.2) is 0 Å². The van der Waals surface area contributed by atoms with E-state index in [1.54, 1.807) is 0 Å². The van der Waals surface area contributed by atoms with Crippen LogP contribution in [-0.2, 0) is 6.42 Å². The first kappa shape index (κ1) is 12.1. The molecule has 15 heavy (non-hydrogen) atoms. The molecule has 2 heteroatoms. The number of benzene rings is 1. The molecule has 0 amide bonds. The molecule has 2 N–H and O–H groups in total. The molecule has 2 nitrogen and oxygen atoms in total. The maximum Gasteiger partial charge on any atom is 0.122 e. The third-order valence-electron chi connectivity index (χ3n) is 2.55. The first-order valence-corrected chi connectivity index (χ1v) is 5.62. The topological polar surface area (TPSA) is 35.2 Å². The van der Waals surface area contributed by atoms with Crippen molar-refractivity contribution in [3.63, 3.8) is 0 Å². The quantitative estimate of drug-likeness (QED) is 0.805. The molecular weight excluding hydrogens is 186 g/mol. The lowest BCUT2D eigenvalue weighted by Crippen LogP contribution is -2.06. The van der Waals surface area contributed by atoms with E-state index in [-0.39, 0.29) is 0 Å². The zero-order valence-electron chi connectivity index (χ0n) is 9.97. The number of rotatable bonds is 5. The molecule has 0 aliphatic heterocycles. The molecule has 0 unspecified atom stereocenters. The van der Waals surface area contributed by atoms with Gasteiger partial charge in [-0.1, -0.05) is 13.0 Å². The van der Waals surface area contributed by atoms with Gasteiger partial charge in [0.25, 0.3) is 0 Å². The maximum atomic E-state index is 5.72. The van der Waals surface area contributed by atoms with E-state index in [4.69, 9.17) is 10.5 Å². The Hall–Kier alpha value is -1.02. The van der Waals surface area contributed by atoms with Crippen molar-refractivity contribution in [2.75, 3.05) is 13.2 Å². The van der Waals surface area contributed by atoms with Gasteiger partial charge in [-0.2, -0.15) is 0 Å². The lowest BCUT2D eigenvalue weighted by Gasteiger charge is -2.13. The average Bonchev–Trinajstić information content (AvgIpc) is 2.21. The van der Waals surface area contributed by atoms with E-state index in [0.717, 1.165) is 25.2 Å². The average molecular weight is 207 g/mol. The fraction of sp³-hybridized carbons (Fsp3) is 0.538. The summed E-state index contributed by atoms with van der Waals surface area (Å²) in [5, 5.41) is 0. The molecule has 0 aromatic heterocycles. The van der Waals surface area contributed by atoms with Gasteiger partial charge in [0.05, 0.1) is 6.61 Å². The number of hydrogen-bond acceptors (Lipinski definition) is 2. The van der Waals surface area contributed by atoms with Crippen LogP contribution in [0.15, 0.2) is 12.1 Å². The van der Waals surface area contributed by atoms with Crippen molar-refractivity contribution in [3.8, 4) is 5.75 Å². The molecule has 0 atom stereocenters. The Bertz CT molecular complexity index is 321. The summed E-state index contributed by atoms with van der Waals surface area (Å²) in [6.07, 6.45) is 1.93. The molecular formula is C13H21NO. The van der Waals surface area contributed by atoms with E-state index >= 15 is 0 Å². The largest absolute Gasteiger partial charge is 0.493 e. The minimum absolute atomic E-state index is 0.672. The van der Waals surface area contributed by atoms with E-state index in [9.17, 15) is 0 Å². The standard InChI is InChI=1S/C13H21NO/c1-4-7-15-13-9-11(3)10(2)8-12(13)5-6-14/h8-9H,4-7,14H2,1-3H3. The summed E-state index contributed by atoms with van der Waals surface area (Å²) in [5.41, 5.74) is 9.41. The molecule has 0 saturated carbocycles. The summed E-state index contributed by atoms with van der Waals surface area (Å²) in [7, 11) is 0. The van der Waals surface area contributed by atoms with Gasteiger partial charge in [-0.25, -0.2) is 0 Å². The molecule has 0 heterocycles. The summed E-state index contributed by atoms with van der Waals surface area (Å²) >= 11 is 0. The van der Waals surface area contributed by atoms with E-state index < -0.39 is 0 Å². The first-order valence-electron chi connectivity index (χ1n) is 5.62. The Balaban J connectivity index is 2.93. The second-order valence-corrected chi connectivity index (χ2v) is 3.93. The van der Waals surface area contributed by atoms with E-state index in [1.165, 1.54) is 16.7 Å². The lowest BCUT2D eigenvalue weighted by molar-refractivity contribution is 0.314. The number of nitrogens with two attached hydrogens (primary N) is 1. The smallest absolute Gasteiger partial charge is 0.122 e. The highest BCUT2D eigenvalue weighted by molar-refractivity contribution is 5.42. The zero-order valence-corrected chi connectivity index (χ0v) is 9.97. The summed E-state index contributed by atoms with van der Waals surface area (Å²) in [5.74, 6) is 1.01. The Morgan fingerprint density at radius 2 is 1.87 bits per heavy atom. The van der Waals surface area contributed by atoms with Gasteiger partial charge in [-0.05, 0) is 56.0 Å². The molecule has 1 aromatic carbocycles. The monoisotopic (exact) mass is 207 g/mol. The van der Waals surface area contributed by atoms with Gasteiger partial charge < -0.3 is 10.5 Å². The number of hydrogen-bond donors (Lipinski definition) is 1. The van der Waals surface area contributed by atoms with Crippen LogP contribution in [0, 0.1) is 13.8 Å². The van der Waals surface area contributed by atoms with Crippen LogP contribution in [-0.4, -0.2) is 13.2 Å². The minimum Gasteiger partial charge on any atom is -0.493 e. The SMILES string of the molecule is CCCOc1cc(C)c(C)cc1CCN. The van der Waals surface area contributed by atoms with Crippen molar-refractivity contribution in [1.29, 1.82) is 0 Å². The highest BCUT2D eigenvalue weighted by atomic mass is 16.5. The van der Waals surface area contributed by atoms with Crippen molar-refractivity contribution >= 4 is 0 Å². The fourth-order valence-corrected chi connectivity index (χ4v) is 1.55. The summed E-state index contributed by atoms with van der Waals surface area (Å²) < 4.78 is 5.72. The van der Waals surface area contributed by atoms with Gasteiger partial charge in [-0.3, -0.25) is 0 Å². The van der Waals surface area contributed by atoms with Crippen LogP contribution in [0.25, 0.3) is 0 Å². The molecule has 0 radical (unpaired) electrons. The van der Waals surface area contributed by atoms with Crippen LogP contribution in [0.3, 0.4) is 0 Å². The summed E-state index contributed by atoms with van der Waals surface area (Å²) in [6.45, 7) is 7.80. The van der Waals surface area contributed by atoms with E-state index in [1.807, 2.05) is 0 Å². The Labute approximate surface area is 92.4 Å². The van der Waals surface area contributed by atoms with Crippen LogP contribution in [0.1, 0.15) is 30.0 Å². The van der Waals surface area contributed by atoms with Crippen LogP contribution in [0.2, 0.25) is 0 Å². The second kappa shape index (κ2) is 5.76. The van der Waals surface area contributed by atoms with Crippen LogP contribution in [0.5, 0.6) is 5.75 Å². The third-order valence-corrected chi connectivity index (χ3v) is 2.55. The highest BCUT2D eigenvalue weighted by Gasteiger charge is 2.05. The number of ether oxygens (including phenoxy) is 1. The molecule has 84 valence electrons. The molecule has 0 fully saturated rings. The van der Waals surface area contributed by atoms with Gasteiger partial charge in [0, 0.05) is 0 Å². The van der Waals surface area contributed by atoms with Crippen molar-refractivity contribution in [2.45, 2.75) is 33.6 Å². The second-order valence-electron chi connectivity index (χ2n) is 3.93. The maximum absolute atomic E-state index is 5.72. The fourth-order valence-electron chi connectivity index (χ4n) is 1.55. The lowest BCUT2D eigenvalue weighted by atomic mass is 10.0. The number of aryl methyl sites for hydroxylation is 2. The highest BCUT2D eigenvalue weighted by Crippen LogP contribution is 2.23. The Kier molecular flexibility index (Phi) is 4.63. The van der Waals surface area contributed by atoms with Crippen molar-refractivity contribution < 1.29 is 4.74 Å². The van der Waals surface area contributed by atoms with Gasteiger partial charge in [-0.15, -0.1) is 0 Å². The Morgan fingerprint density at radius 1 is 1.20 bits per heavy atom. The van der Waals surface area contributed by atoms with Crippen LogP contribution >= 0.6 is 0 Å². The van der Waals surface area contributed by atoms with Crippen LogP contribution in [0.4, 0.5) is 0 Å². The van der Waals surface area contributed by atoms with Gasteiger partial charge in [0.1, 0.15) is 5.75 Å². The summed E-state index contributed by atoms with van der Waals surface area (Å²) in [4.78, 5) is 0. The van der Waals surface area contributed by atoms with Gasteiger partial charge in [0.2, 0.25) is 0 Å². The van der Waals surface area contributed by atoms with Crippen molar-refractivity contribution in [1.82, 2.24) is 0 Å². The van der Waals surface area contributed by atoms with Crippen molar-refractivity contribution in [2.24, 2.45) is 5.73 Å². The molecule has 0 spiro atoms. The van der Waals surface area contributed by atoms with Crippen molar-refractivity contribution in [3.05, 3.63) is 28.8 Å². The Morgan fingerprint density at radius 3 is 2.47 bits per heavy atom. The van der Waals surface area contributed by atoms with E-state index in [2.05, 4.69) is 32.9 Å². The van der Waals surface area contributed by atoms with Crippen LogP contribution < -0.4 is 10.5 Å². The molecule has 0 aliphatic carbocycles. The molecule has 0 saturated heterocycles. The van der Waals surface area contributed by atoms with Gasteiger partial charge >= 0.3 is 0 Å². The van der Waals surface area contributed by atoms with E-state index in [0.29, 0.717) is 6.54 Å². The first-order chi connectivity index (χ1) is 7.19. The normalized spacial score (nSPS) is 10.4. The third kappa shape index (κ3) is 3.24. The zero-order chi connectivity index (χ0) is 11.3. The molecule has 0 aliphatic rings. The predicted octanol–water partition coefficient (Wildman–Crippen LogP) is 2.59. The predicted molar refractivity (Wildman–Crippen MR) is 64.5 cm³/mol. The molecule has 0 bridgehead atoms. The molecule has 1 aromatic rings. The molecule has 1 rings (SSSR count).